The fourth-order valence-electron chi connectivity index (χ4n) is 1.07. The van der Waals surface area contributed by atoms with Gasteiger partial charge in [-0.1, -0.05) is 11.6 Å². The van der Waals surface area contributed by atoms with E-state index in [4.69, 9.17) is 11.6 Å². The van der Waals surface area contributed by atoms with E-state index >= 15 is 0 Å². The van der Waals surface area contributed by atoms with Crippen molar-refractivity contribution in [1.29, 1.82) is 0 Å². The maximum absolute atomic E-state index is 11.7. The molecule has 0 saturated heterocycles. The maximum Gasteiger partial charge on any atom is 0.328 e. The first-order valence-electron chi connectivity index (χ1n) is 4.55. The van der Waals surface area contributed by atoms with E-state index in [1.807, 2.05) is 0 Å². The summed E-state index contributed by atoms with van der Waals surface area (Å²) in [5.74, 6) is -0.982. The summed E-state index contributed by atoms with van der Waals surface area (Å²) in [6.07, 6.45) is 1.48. The number of rotatable bonds is 3. The predicted octanol–water partition coefficient (Wildman–Crippen LogP) is 1.03. The minimum Gasteiger partial charge on any atom is -0.467 e. The molecular formula is C10H11ClN2O3. The molecule has 1 amide bonds. The molecular weight excluding hydrogens is 232 g/mol. The number of esters is 1. The molecule has 0 aliphatic carbocycles. The lowest BCUT2D eigenvalue weighted by atomic mass is 10.2. The van der Waals surface area contributed by atoms with Gasteiger partial charge in [-0.05, 0) is 19.1 Å². The monoisotopic (exact) mass is 242 g/mol. The van der Waals surface area contributed by atoms with Crippen LogP contribution < -0.4 is 5.32 Å². The first kappa shape index (κ1) is 12.4. The van der Waals surface area contributed by atoms with Gasteiger partial charge in [0.1, 0.15) is 11.2 Å². The van der Waals surface area contributed by atoms with Gasteiger partial charge in [-0.2, -0.15) is 0 Å². The zero-order valence-electron chi connectivity index (χ0n) is 8.86. The summed E-state index contributed by atoms with van der Waals surface area (Å²) >= 11 is 5.73. The normalized spacial score (nSPS) is 11.7. The molecule has 0 fully saturated rings. The van der Waals surface area contributed by atoms with Crippen molar-refractivity contribution in [3.8, 4) is 0 Å². The largest absolute Gasteiger partial charge is 0.467 e. The van der Waals surface area contributed by atoms with Gasteiger partial charge in [-0.15, -0.1) is 0 Å². The molecule has 5 nitrogen and oxygen atoms in total. The van der Waals surface area contributed by atoms with Crippen LogP contribution in [0.5, 0.6) is 0 Å². The van der Waals surface area contributed by atoms with Crippen LogP contribution in [0.4, 0.5) is 0 Å². The summed E-state index contributed by atoms with van der Waals surface area (Å²) in [6.45, 7) is 1.52. The molecule has 1 N–H and O–H groups in total. The average molecular weight is 243 g/mol. The highest BCUT2D eigenvalue weighted by Gasteiger charge is 2.18. The molecule has 0 saturated carbocycles. The number of methoxy groups -OCH3 is 1. The van der Waals surface area contributed by atoms with E-state index in [1.54, 1.807) is 6.07 Å². The van der Waals surface area contributed by atoms with Gasteiger partial charge in [0.05, 0.1) is 12.7 Å². The van der Waals surface area contributed by atoms with E-state index in [0.29, 0.717) is 0 Å². The Bertz CT molecular complexity index is 409. The Balaban J connectivity index is 2.73. The highest BCUT2D eigenvalue weighted by molar-refractivity contribution is 6.32. The molecule has 1 aromatic heterocycles. The van der Waals surface area contributed by atoms with Gasteiger partial charge >= 0.3 is 5.97 Å². The van der Waals surface area contributed by atoms with E-state index in [9.17, 15) is 9.59 Å². The van der Waals surface area contributed by atoms with Crippen molar-refractivity contribution in [2.45, 2.75) is 13.0 Å². The van der Waals surface area contributed by atoms with Crippen LogP contribution in [0.3, 0.4) is 0 Å². The summed E-state index contributed by atoms with van der Waals surface area (Å²) in [6, 6.07) is 2.38. The number of ether oxygens (including phenoxy) is 1. The number of halogens is 1. The Kier molecular flexibility index (Phi) is 4.25. The van der Waals surface area contributed by atoms with Crippen molar-refractivity contribution in [1.82, 2.24) is 10.3 Å². The first-order valence-corrected chi connectivity index (χ1v) is 4.93. The number of amides is 1. The molecule has 1 rings (SSSR count). The minimum atomic E-state index is -0.728. The molecule has 0 aliphatic rings. The summed E-state index contributed by atoms with van der Waals surface area (Å²) in [5.41, 5.74) is 0.222. The molecule has 1 aromatic rings. The lowest BCUT2D eigenvalue weighted by Crippen LogP contribution is -2.39. The fraction of sp³-hybridized carbons (Fsp3) is 0.300. The zero-order valence-corrected chi connectivity index (χ0v) is 9.62. The molecule has 0 aromatic carbocycles. The molecule has 1 atom stereocenters. The van der Waals surface area contributed by atoms with Crippen LogP contribution in [-0.4, -0.2) is 30.0 Å². The van der Waals surface area contributed by atoms with Gasteiger partial charge in [-0.3, -0.25) is 4.79 Å². The molecule has 0 aliphatic heterocycles. The number of carbonyl (C=O) groups is 2. The van der Waals surface area contributed by atoms with Gasteiger partial charge in [0, 0.05) is 6.20 Å². The fourth-order valence-corrected chi connectivity index (χ4v) is 1.27. The number of pyridine rings is 1. The highest BCUT2D eigenvalue weighted by Crippen LogP contribution is 2.11. The molecule has 86 valence electrons. The minimum absolute atomic E-state index is 0.0945. The Morgan fingerprint density at radius 1 is 1.56 bits per heavy atom. The second-order valence-electron chi connectivity index (χ2n) is 3.06. The molecule has 1 unspecified atom stereocenters. The van der Waals surface area contributed by atoms with Crippen molar-refractivity contribution in [3.63, 3.8) is 0 Å². The average Bonchev–Trinajstić information content (AvgIpc) is 2.28. The predicted molar refractivity (Wildman–Crippen MR) is 58.2 cm³/mol. The Morgan fingerprint density at radius 3 is 2.81 bits per heavy atom. The first-order chi connectivity index (χ1) is 7.56. The van der Waals surface area contributed by atoms with Crippen LogP contribution in [0, 0.1) is 0 Å². The molecule has 6 heteroatoms. The van der Waals surface area contributed by atoms with Crippen LogP contribution in [0.1, 0.15) is 17.3 Å². The van der Waals surface area contributed by atoms with E-state index in [0.717, 1.165) is 0 Å². The number of hydrogen-bond donors (Lipinski definition) is 1. The second-order valence-corrected chi connectivity index (χ2v) is 3.42. The van der Waals surface area contributed by atoms with Crippen molar-refractivity contribution in [3.05, 3.63) is 29.0 Å². The zero-order chi connectivity index (χ0) is 12.1. The van der Waals surface area contributed by atoms with Gasteiger partial charge in [-0.25, -0.2) is 9.78 Å². The van der Waals surface area contributed by atoms with Crippen molar-refractivity contribution < 1.29 is 14.3 Å². The summed E-state index contributed by atoms with van der Waals surface area (Å²) < 4.78 is 4.48. The van der Waals surface area contributed by atoms with Crippen molar-refractivity contribution in [2.75, 3.05) is 7.11 Å². The van der Waals surface area contributed by atoms with Crippen molar-refractivity contribution >= 4 is 23.5 Å². The highest BCUT2D eigenvalue weighted by atomic mass is 35.5. The van der Waals surface area contributed by atoms with Gasteiger partial charge in [0.25, 0.3) is 5.91 Å². The van der Waals surface area contributed by atoms with E-state index < -0.39 is 17.9 Å². The lowest BCUT2D eigenvalue weighted by Gasteiger charge is -2.11. The molecule has 0 spiro atoms. The van der Waals surface area contributed by atoms with E-state index in [2.05, 4.69) is 15.0 Å². The van der Waals surface area contributed by atoms with E-state index in [-0.39, 0.29) is 10.7 Å². The van der Waals surface area contributed by atoms with Crippen LogP contribution in [0.15, 0.2) is 18.3 Å². The Labute approximate surface area is 97.8 Å². The smallest absolute Gasteiger partial charge is 0.328 e. The summed E-state index contributed by atoms with van der Waals surface area (Å²) in [7, 11) is 1.25. The SMILES string of the molecule is COC(=O)C(C)NC(=O)c1cccnc1Cl. The van der Waals surface area contributed by atoms with E-state index in [1.165, 1.54) is 26.3 Å². The van der Waals surface area contributed by atoms with Gasteiger partial charge < -0.3 is 10.1 Å². The quantitative estimate of drug-likeness (QED) is 0.635. The molecule has 16 heavy (non-hydrogen) atoms. The second kappa shape index (κ2) is 5.46. The van der Waals surface area contributed by atoms with Crippen LogP contribution in [0.25, 0.3) is 0 Å². The molecule has 1 heterocycles. The number of nitrogens with one attached hydrogen (secondary N) is 1. The third-order valence-corrected chi connectivity index (χ3v) is 2.21. The Hall–Kier alpha value is -1.62. The third-order valence-electron chi connectivity index (χ3n) is 1.91. The van der Waals surface area contributed by atoms with Gasteiger partial charge in [0.15, 0.2) is 0 Å². The summed E-state index contributed by atoms with van der Waals surface area (Å²) in [5, 5.41) is 2.54. The standard InChI is InChI=1S/C10H11ClN2O3/c1-6(10(15)16-2)13-9(14)7-4-3-5-12-8(7)11/h3-6H,1-2H3,(H,13,14). The van der Waals surface area contributed by atoms with Crippen LogP contribution in [-0.2, 0) is 9.53 Å². The third kappa shape index (κ3) is 2.93. The summed E-state index contributed by atoms with van der Waals surface area (Å²) in [4.78, 5) is 26.5. The number of carbonyl (C=O) groups excluding carboxylic acids is 2. The lowest BCUT2D eigenvalue weighted by molar-refractivity contribution is -0.142. The van der Waals surface area contributed by atoms with Gasteiger partial charge in [0.2, 0.25) is 0 Å². The number of hydrogen-bond acceptors (Lipinski definition) is 4. The molecule has 0 bridgehead atoms. The Morgan fingerprint density at radius 2 is 2.25 bits per heavy atom. The molecule has 0 radical (unpaired) electrons. The van der Waals surface area contributed by atoms with Crippen molar-refractivity contribution in [2.24, 2.45) is 0 Å². The van der Waals surface area contributed by atoms with Crippen LogP contribution in [0.2, 0.25) is 5.15 Å². The maximum atomic E-state index is 11.7. The van der Waals surface area contributed by atoms with Crippen LogP contribution >= 0.6 is 11.6 Å². The topological polar surface area (TPSA) is 68.3 Å². The number of nitrogens with zero attached hydrogens (tertiary/aromatic N) is 1. The number of aromatic nitrogens is 1.